The Labute approximate surface area is 104 Å². The van der Waals surface area contributed by atoms with E-state index in [1.807, 2.05) is 36.1 Å². The number of amides is 1. The van der Waals surface area contributed by atoms with Crippen molar-refractivity contribution in [3.8, 4) is 0 Å². The van der Waals surface area contributed by atoms with Crippen molar-refractivity contribution < 1.29 is 4.79 Å². The third-order valence-electron chi connectivity index (χ3n) is 2.89. The number of para-hydroxylation sites is 1. The summed E-state index contributed by atoms with van der Waals surface area (Å²) in [5, 5.41) is 0. The molecule has 0 spiro atoms. The Kier molecular flexibility index (Phi) is 3.49. The second kappa shape index (κ2) is 4.87. The van der Waals surface area contributed by atoms with Crippen LogP contribution in [0.1, 0.15) is 6.92 Å². The summed E-state index contributed by atoms with van der Waals surface area (Å²) in [6.45, 7) is 5.03. The molecule has 2 rings (SSSR count). The Morgan fingerprint density at radius 1 is 1.31 bits per heavy atom. The SMILES string of the molecule is CCN1CCN(c2ccccc2Br)CC1=O. The van der Waals surface area contributed by atoms with Crippen molar-refractivity contribution in [3.63, 3.8) is 0 Å². The van der Waals surface area contributed by atoms with Crippen LogP contribution in [0.3, 0.4) is 0 Å². The van der Waals surface area contributed by atoms with Gasteiger partial charge in [0, 0.05) is 24.1 Å². The molecule has 0 saturated carbocycles. The summed E-state index contributed by atoms with van der Waals surface area (Å²) in [5.41, 5.74) is 1.10. The molecule has 1 saturated heterocycles. The van der Waals surface area contributed by atoms with Crippen LogP contribution in [0.15, 0.2) is 28.7 Å². The molecule has 1 amide bonds. The number of hydrogen-bond acceptors (Lipinski definition) is 2. The number of benzene rings is 1. The summed E-state index contributed by atoms with van der Waals surface area (Å²) in [4.78, 5) is 15.8. The molecule has 0 atom stereocenters. The second-order valence-corrected chi connectivity index (χ2v) is 4.70. The smallest absolute Gasteiger partial charge is 0.242 e. The summed E-state index contributed by atoms with van der Waals surface area (Å²) in [5.74, 6) is 0.213. The van der Waals surface area contributed by atoms with Gasteiger partial charge in [-0.1, -0.05) is 12.1 Å². The summed E-state index contributed by atoms with van der Waals surface area (Å²) in [6, 6.07) is 8.03. The van der Waals surface area contributed by atoms with Gasteiger partial charge in [0.15, 0.2) is 0 Å². The fourth-order valence-electron chi connectivity index (χ4n) is 1.96. The number of anilines is 1. The van der Waals surface area contributed by atoms with Crippen molar-refractivity contribution in [1.29, 1.82) is 0 Å². The number of nitrogens with zero attached hydrogens (tertiary/aromatic N) is 2. The Morgan fingerprint density at radius 3 is 2.69 bits per heavy atom. The second-order valence-electron chi connectivity index (χ2n) is 3.85. The number of carbonyl (C=O) groups is 1. The normalized spacial score (nSPS) is 16.8. The van der Waals surface area contributed by atoms with Gasteiger partial charge in [-0.2, -0.15) is 0 Å². The number of halogens is 1. The molecule has 0 radical (unpaired) electrons. The third kappa shape index (κ3) is 2.21. The first kappa shape index (κ1) is 11.5. The first-order valence-electron chi connectivity index (χ1n) is 5.49. The van der Waals surface area contributed by atoms with Crippen LogP contribution < -0.4 is 4.90 Å². The molecule has 16 heavy (non-hydrogen) atoms. The van der Waals surface area contributed by atoms with Crippen LogP contribution in [-0.4, -0.2) is 37.0 Å². The van der Waals surface area contributed by atoms with E-state index in [4.69, 9.17) is 0 Å². The van der Waals surface area contributed by atoms with E-state index < -0.39 is 0 Å². The molecule has 1 aliphatic heterocycles. The average molecular weight is 283 g/mol. The van der Waals surface area contributed by atoms with E-state index in [0.29, 0.717) is 6.54 Å². The minimum Gasteiger partial charge on any atom is -0.360 e. The Hall–Kier alpha value is -1.03. The van der Waals surface area contributed by atoms with Gasteiger partial charge in [0.2, 0.25) is 5.91 Å². The van der Waals surface area contributed by atoms with E-state index in [-0.39, 0.29) is 5.91 Å². The average Bonchev–Trinajstić information content (AvgIpc) is 2.29. The molecule has 86 valence electrons. The summed E-state index contributed by atoms with van der Waals surface area (Å²) in [6.07, 6.45) is 0. The lowest BCUT2D eigenvalue weighted by molar-refractivity contribution is -0.130. The monoisotopic (exact) mass is 282 g/mol. The lowest BCUT2D eigenvalue weighted by Crippen LogP contribution is -2.50. The molecule has 0 aliphatic carbocycles. The zero-order valence-corrected chi connectivity index (χ0v) is 10.9. The predicted molar refractivity (Wildman–Crippen MR) is 68.6 cm³/mol. The number of rotatable bonds is 2. The summed E-state index contributed by atoms with van der Waals surface area (Å²) in [7, 11) is 0. The van der Waals surface area contributed by atoms with Crippen LogP contribution in [0.2, 0.25) is 0 Å². The molecule has 1 heterocycles. The molecule has 1 aromatic rings. The summed E-state index contributed by atoms with van der Waals surface area (Å²) < 4.78 is 1.05. The highest BCUT2D eigenvalue weighted by atomic mass is 79.9. The summed E-state index contributed by atoms with van der Waals surface area (Å²) >= 11 is 3.52. The van der Waals surface area contributed by atoms with Crippen molar-refractivity contribution in [3.05, 3.63) is 28.7 Å². The van der Waals surface area contributed by atoms with Crippen molar-refractivity contribution in [1.82, 2.24) is 4.90 Å². The molecule has 1 aliphatic rings. The van der Waals surface area contributed by atoms with Gasteiger partial charge in [0.25, 0.3) is 0 Å². The van der Waals surface area contributed by atoms with Gasteiger partial charge in [-0.05, 0) is 35.0 Å². The fraction of sp³-hybridized carbons (Fsp3) is 0.417. The third-order valence-corrected chi connectivity index (χ3v) is 3.56. The van der Waals surface area contributed by atoms with Crippen LogP contribution in [0, 0.1) is 0 Å². The van der Waals surface area contributed by atoms with Gasteiger partial charge in [-0.15, -0.1) is 0 Å². The van der Waals surface area contributed by atoms with Gasteiger partial charge < -0.3 is 9.80 Å². The van der Waals surface area contributed by atoms with E-state index in [2.05, 4.69) is 20.8 Å². The molecule has 4 heteroatoms. The Morgan fingerprint density at radius 2 is 2.06 bits per heavy atom. The molecule has 0 aromatic heterocycles. The predicted octanol–water partition coefficient (Wildman–Crippen LogP) is 2.12. The number of hydrogen-bond donors (Lipinski definition) is 0. The van der Waals surface area contributed by atoms with Gasteiger partial charge in [0.1, 0.15) is 0 Å². The highest BCUT2D eigenvalue weighted by Gasteiger charge is 2.23. The minimum atomic E-state index is 0.213. The van der Waals surface area contributed by atoms with Crippen molar-refractivity contribution in [2.45, 2.75) is 6.92 Å². The molecule has 0 unspecified atom stereocenters. The standard InChI is InChI=1S/C12H15BrN2O/c1-2-14-7-8-15(9-12(14)16)11-6-4-3-5-10(11)13/h3-6H,2,7-9H2,1H3. The molecule has 1 aromatic carbocycles. The largest absolute Gasteiger partial charge is 0.360 e. The van der Waals surface area contributed by atoms with Crippen molar-refractivity contribution in [2.24, 2.45) is 0 Å². The first-order valence-corrected chi connectivity index (χ1v) is 6.29. The van der Waals surface area contributed by atoms with Gasteiger partial charge >= 0.3 is 0 Å². The highest BCUT2D eigenvalue weighted by Crippen LogP contribution is 2.26. The molecule has 0 bridgehead atoms. The zero-order valence-electron chi connectivity index (χ0n) is 9.32. The first-order chi connectivity index (χ1) is 7.72. The van der Waals surface area contributed by atoms with Gasteiger partial charge in [-0.3, -0.25) is 4.79 Å². The van der Waals surface area contributed by atoms with Crippen LogP contribution in [0.4, 0.5) is 5.69 Å². The van der Waals surface area contributed by atoms with Crippen LogP contribution >= 0.6 is 15.9 Å². The van der Waals surface area contributed by atoms with Gasteiger partial charge in [0.05, 0.1) is 12.2 Å². The molecule has 3 nitrogen and oxygen atoms in total. The van der Waals surface area contributed by atoms with Crippen molar-refractivity contribution in [2.75, 3.05) is 31.1 Å². The van der Waals surface area contributed by atoms with Crippen LogP contribution in [0.5, 0.6) is 0 Å². The maximum absolute atomic E-state index is 11.8. The van der Waals surface area contributed by atoms with E-state index in [1.165, 1.54) is 0 Å². The van der Waals surface area contributed by atoms with E-state index in [0.717, 1.165) is 29.8 Å². The lowest BCUT2D eigenvalue weighted by atomic mass is 10.2. The van der Waals surface area contributed by atoms with Crippen LogP contribution in [0.25, 0.3) is 0 Å². The van der Waals surface area contributed by atoms with Gasteiger partial charge in [-0.25, -0.2) is 0 Å². The highest BCUT2D eigenvalue weighted by molar-refractivity contribution is 9.10. The molecule has 0 N–H and O–H groups in total. The topological polar surface area (TPSA) is 23.6 Å². The van der Waals surface area contributed by atoms with E-state index in [9.17, 15) is 4.79 Å². The van der Waals surface area contributed by atoms with Crippen LogP contribution in [-0.2, 0) is 4.79 Å². The number of likely N-dealkylation sites (N-methyl/N-ethyl adjacent to an activating group) is 1. The number of carbonyl (C=O) groups excluding carboxylic acids is 1. The molecule has 1 fully saturated rings. The van der Waals surface area contributed by atoms with E-state index >= 15 is 0 Å². The zero-order chi connectivity index (χ0) is 11.5. The number of piperazine rings is 1. The fourth-order valence-corrected chi connectivity index (χ4v) is 2.49. The molecular weight excluding hydrogens is 268 g/mol. The lowest BCUT2D eigenvalue weighted by Gasteiger charge is -2.35. The van der Waals surface area contributed by atoms with E-state index in [1.54, 1.807) is 0 Å². The Balaban J connectivity index is 2.14. The quantitative estimate of drug-likeness (QED) is 0.830. The maximum Gasteiger partial charge on any atom is 0.242 e. The Bertz CT molecular complexity index is 394. The van der Waals surface area contributed by atoms with Crippen molar-refractivity contribution >= 4 is 27.5 Å². The molecular formula is C12H15BrN2O. The maximum atomic E-state index is 11.8. The minimum absolute atomic E-state index is 0.213.